The lowest BCUT2D eigenvalue weighted by atomic mass is 10.1. The van der Waals surface area contributed by atoms with Gasteiger partial charge in [0.25, 0.3) is 0 Å². The largest absolute Gasteiger partial charge is 0.325 e. The summed E-state index contributed by atoms with van der Waals surface area (Å²) in [6.45, 7) is 0. The van der Waals surface area contributed by atoms with Gasteiger partial charge in [-0.1, -0.05) is 0 Å². The van der Waals surface area contributed by atoms with Crippen molar-refractivity contribution in [3.05, 3.63) is 18.2 Å². The van der Waals surface area contributed by atoms with Crippen LogP contribution in [0.5, 0.6) is 0 Å². The van der Waals surface area contributed by atoms with Crippen molar-refractivity contribution in [3.63, 3.8) is 0 Å². The van der Waals surface area contributed by atoms with Gasteiger partial charge in [-0.15, -0.1) is 5.10 Å². The van der Waals surface area contributed by atoms with Crippen molar-refractivity contribution in [2.75, 3.05) is 0 Å². The van der Waals surface area contributed by atoms with Gasteiger partial charge in [-0.05, 0) is 25.7 Å². The van der Waals surface area contributed by atoms with E-state index in [-0.39, 0.29) is 5.54 Å². The fraction of sp³-hybridized carbons (Fsp3) is 0.625. The van der Waals surface area contributed by atoms with Crippen LogP contribution in [-0.4, -0.2) is 20.7 Å². The van der Waals surface area contributed by atoms with Gasteiger partial charge in [-0.3, -0.25) is 0 Å². The molecule has 1 aromatic rings. The van der Waals surface area contributed by atoms with Crippen LogP contribution < -0.4 is 5.73 Å². The number of aromatic nitrogens is 3. The molecule has 0 radical (unpaired) electrons. The van der Waals surface area contributed by atoms with Crippen LogP contribution in [0.15, 0.2) is 12.5 Å². The fourth-order valence-electron chi connectivity index (χ4n) is 1.18. The first-order valence-electron chi connectivity index (χ1n) is 4.19. The molecule has 1 aliphatic rings. The number of hydrogen-bond donors (Lipinski definition) is 1. The molecule has 1 saturated carbocycles. The second-order valence-electron chi connectivity index (χ2n) is 3.46. The summed E-state index contributed by atoms with van der Waals surface area (Å²) in [6.07, 6.45) is 7.44. The van der Waals surface area contributed by atoms with Crippen molar-refractivity contribution in [2.45, 2.75) is 31.2 Å². The number of nitrogens with zero attached hydrogens (tertiary/aromatic N) is 3. The third-order valence-electron chi connectivity index (χ3n) is 2.32. The predicted molar refractivity (Wildman–Crippen MR) is 44.3 cm³/mol. The van der Waals surface area contributed by atoms with Crippen LogP contribution in [0.2, 0.25) is 0 Å². The third kappa shape index (κ3) is 1.76. The molecule has 0 spiro atoms. The zero-order valence-electron chi connectivity index (χ0n) is 6.90. The van der Waals surface area contributed by atoms with Crippen molar-refractivity contribution in [1.29, 1.82) is 0 Å². The molecular formula is C8H12N4. The minimum Gasteiger partial charge on any atom is -0.325 e. The minimum atomic E-state index is 0.116. The number of nitrogens with two attached hydrogens (primary N) is 1. The van der Waals surface area contributed by atoms with E-state index in [4.69, 9.17) is 5.73 Å². The van der Waals surface area contributed by atoms with E-state index in [0.29, 0.717) is 0 Å². The van der Waals surface area contributed by atoms with Crippen molar-refractivity contribution < 1.29 is 0 Å². The average molecular weight is 164 g/mol. The quantitative estimate of drug-likeness (QED) is 0.697. The Kier molecular flexibility index (Phi) is 1.77. The highest BCUT2D eigenvalue weighted by Crippen LogP contribution is 2.36. The zero-order chi connectivity index (χ0) is 8.44. The summed E-state index contributed by atoms with van der Waals surface area (Å²) in [4.78, 5) is 4.08. The lowest BCUT2D eigenvalue weighted by molar-refractivity contribution is 0.600. The van der Waals surface area contributed by atoms with Gasteiger partial charge in [0, 0.05) is 5.54 Å². The predicted octanol–water partition coefficient (Wildman–Crippen LogP) is 0.295. The van der Waals surface area contributed by atoms with Crippen LogP contribution in [0.1, 0.15) is 25.0 Å². The molecule has 1 aromatic heterocycles. The molecule has 1 fully saturated rings. The standard InChI is InChI=1S/C8H12N4/c9-8(3-4-8)2-1-7-5-11-12-6-10-7/h5-6H,1-4,9H2. The second kappa shape index (κ2) is 2.79. The van der Waals surface area contributed by atoms with Gasteiger partial charge in [0.05, 0.1) is 11.9 Å². The molecule has 64 valence electrons. The summed E-state index contributed by atoms with van der Waals surface area (Å²) in [5.41, 5.74) is 7.03. The van der Waals surface area contributed by atoms with Gasteiger partial charge in [-0.2, -0.15) is 5.10 Å². The van der Waals surface area contributed by atoms with Crippen LogP contribution in [-0.2, 0) is 6.42 Å². The SMILES string of the molecule is NC1(CCc2cnncn2)CC1. The maximum absolute atomic E-state index is 5.93. The topological polar surface area (TPSA) is 64.7 Å². The highest BCUT2D eigenvalue weighted by molar-refractivity contribution is 5.02. The zero-order valence-corrected chi connectivity index (χ0v) is 6.90. The van der Waals surface area contributed by atoms with E-state index in [0.717, 1.165) is 31.4 Å². The Morgan fingerprint density at radius 3 is 2.83 bits per heavy atom. The summed E-state index contributed by atoms with van der Waals surface area (Å²) in [6, 6.07) is 0. The number of hydrogen-bond acceptors (Lipinski definition) is 4. The van der Waals surface area contributed by atoms with Gasteiger partial charge >= 0.3 is 0 Å². The Hall–Kier alpha value is -1.03. The first-order valence-corrected chi connectivity index (χ1v) is 4.19. The van der Waals surface area contributed by atoms with Gasteiger partial charge in [-0.25, -0.2) is 4.98 Å². The Balaban J connectivity index is 1.88. The fourth-order valence-corrected chi connectivity index (χ4v) is 1.18. The lowest BCUT2D eigenvalue weighted by Crippen LogP contribution is -2.22. The van der Waals surface area contributed by atoms with E-state index >= 15 is 0 Å². The Labute approximate surface area is 71.2 Å². The Morgan fingerprint density at radius 2 is 2.25 bits per heavy atom. The van der Waals surface area contributed by atoms with Gasteiger partial charge < -0.3 is 5.73 Å². The van der Waals surface area contributed by atoms with Crippen LogP contribution in [0, 0.1) is 0 Å². The summed E-state index contributed by atoms with van der Waals surface area (Å²) in [5.74, 6) is 0. The molecule has 12 heavy (non-hydrogen) atoms. The van der Waals surface area contributed by atoms with E-state index < -0.39 is 0 Å². The smallest absolute Gasteiger partial charge is 0.138 e. The molecule has 4 nitrogen and oxygen atoms in total. The molecule has 0 saturated heterocycles. The van der Waals surface area contributed by atoms with E-state index in [1.54, 1.807) is 6.20 Å². The van der Waals surface area contributed by atoms with Crippen molar-refractivity contribution in [2.24, 2.45) is 5.73 Å². The maximum atomic E-state index is 5.93. The molecule has 0 atom stereocenters. The first-order chi connectivity index (χ1) is 5.79. The molecule has 1 heterocycles. The normalized spacial score (nSPS) is 19.1. The van der Waals surface area contributed by atoms with E-state index in [1.165, 1.54) is 6.33 Å². The van der Waals surface area contributed by atoms with Crippen molar-refractivity contribution in [1.82, 2.24) is 15.2 Å². The molecule has 2 N–H and O–H groups in total. The second-order valence-corrected chi connectivity index (χ2v) is 3.46. The molecule has 0 unspecified atom stereocenters. The van der Waals surface area contributed by atoms with Crippen LogP contribution in [0.25, 0.3) is 0 Å². The molecule has 1 aliphatic carbocycles. The van der Waals surface area contributed by atoms with Crippen LogP contribution >= 0.6 is 0 Å². The van der Waals surface area contributed by atoms with E-state index in [9.17, 15) is 0 Å². The van der Waals surface area contributed by atoms with E-state index in [2.05, 4.69) is 15.2 Å². The number of aryl methyl sites for hydroxylation is 1. The van der Waals surface area contributed by atoms with Gasteiger partial charge in [0.15, 0.2) is 0 Å². The Morgan fingerprint density at radius 1 is 1.42 bits per heavy atom. The molecule has 2 rings (SSSR count). The third-order valence-corrected chi connectivity index (χ3v) is 2.32. The highest BCUT2D eigenvalue weighted by atomic mass is 15.1. The molecular weight excluding hydrogens is 152 g/mol. The molecule has 0 amide bonds. The number of rotatable bonds is 3. The minimum absolute atomic E-state index is 0.116. The van der Waals surface area contributed by atoms with Crippen molar-refractivity contribution >= 4 is 0 Å². The van der Waals surface area contributed by atoms with Crippen LogP contribution in [0.3, 0.4) is 0 Å². The molecule has 0 aliphatic heterocycles. The highest BCUT2D eigenvalue weighted by Gasteiger charge is 2.37. The molecule has 0 aromatic carbocycles. The van der Waals surface area contributed by atoms with Crippen LogP contribution in [0.4, 0.5) is 0 Å². The maximum Gasteiger partial charge on any atom is 0.138 e. The monoisotopic (exact) mass is 164 g/mol. The lowest BCUT2D eigenvalue weighted by Gasteiger charge is -2.05. The Bertz CT molecular complexity index is 255. The van der Waals surface area contributed by atoms with Gasteiger partial charge in [0.1, 0.15) is 6.33 Å². The average Bonchev–Trinajstić information content (AvgIpc) is 2.84. The summed E-state index contributed by atoms with van der Waals surface area (Å²) >= 11 is 0. The summed E-state index contributed by atoms with van der Waals surface area (Å²) < 4.78 is 0. The first kappa shape index (κ1) is 7.61. The summed E-state index contributed by atoms with van der Waals surface area (Å²) in [7, 11) is 0. The van der Waals surface area contributed by atoms with Crippen molar-refractivity contribution in [3.8, 4) is 0 Å². The van der Waals surface area contributed by atoms with E-state index in [1.807, 2.05) is 0 Å². The molecule has 4 heteroatoms. The molecule has 0 bridgehead atoms. The summed E-state index contributed by atoms with van der Waals surface area (Å²) in [5, 5.41) is 7.37. The van der Waals surface area contributed by atoms with Gasteiger partial charge in [0.2, 0.25) is 0 Å².